The highest BCUT2D eigenvalue weighted by molar-refractivity contribution is 6.23. The molecule has 13 nitrogen and oxygen atoms in total. The Hall–Kier alpha value is -14.8. The van der Waals surface area contributed by atoms with Crippen molar-refractivity contribution in [1.82, 2.24) is 28.2 Å². The van der Waals surface area contributed by atoms with Crippen molar-refractivity contribution < 1.29 is 0 Å². The van der Waals surface area contributed by atoms with Gasteiger partial charge in [-0.1, -0.05) is 205 Å². The fraction of sp³-hybridized carbons (Fsp3) is 0.0222. The highest BCUT2D eigenvalue weighted by Crippen LogP contribution is 2.42. The van der Waals surface area contributed by atoms with E-state index in [1.165, 1.54) is 11.1 Å². The summed E-state index contributed by atoms with van der Waals surface area (Å²) < 4.78 is 4.96. The van der Waals surface area contributed by atoms with E-state index in [1.807, 2.05) is 224 Å². The van der Waals surface area contributed by atoms with E-state index in [4.69, 9.17) is 15.0 Å². The van der Waals surface area contributed by atoms with Crippen molar-refractivity contribution in [2.24, 2.45) is 0 Å². The predicted molar refractivity (Wildman–Crippen MR) is 413 cm³/mol. The molecule has 0 unspecified atom stereocenters. The van der Waals surface area contributed by atoms with Crippen LogP contribution in [0.25, 0.3) is 148 Å². The number of aryl methyl sites for hydroxylation is 2. The van der Waals surface area contributed by atoms with Gasteiger partial charge in [-0.25, -0.2) is 15.0 Å². The van der Waals surface area contributed by atoms with Gasteiger partial charge in [-0.15, -0.1) is 0 Å². The van der Waals surface area contributed by atoms with Crippen molar-refractivity contribution in [2.75, 3.05) is 0 Å². The third-order valence-electron chi connectivity index (χ3n) is 18.9. The van der Waals surface area contributed by atoms with Crippen LogP contribution < -0.4 is 16.7 Å². The summed E-state index contributed by atoms with van der Waals surface area (Å²) in [7, 11) is 0. The maximum atomic E-state index is 13.5. The summed E-state index contributed by atoms with van der Waals surface area (Å²) >= 11 is 0. The van der Waals surface area contributed by atoms with E-state index in [2.05, 4.69) is 62.4 Å². The van der Waals surface area contributed by atoms with Crippen LogP contribution in [0.1, 0.15) is 33.4 Å². The maximum Gasteiger partial charge on any atom is 0.264 e. The zero-order valence-corrected chi connectivity index (χ0v) is 55.4. The van der Waals surface area contributed by atoms with E-state index >= 15 is 0 Å². The fourth-order valence-corrected chi connectivity index (χ4v) is 14.2. The van der Waals surface area contributed by atoms with Gasteiger partial charge in [-0.2, -0.15) is 21.0 Å². The first-order valence-electron chi connectivity index (χ1n) is 33.3. The average molecular weight is 1320 g/mol. The molecule has 0 N–H and O–H groups in total. The second kappa shape index (κ2) is 26.2. The monoisotopic (exact) mass is 1320 g/mol. The van der Waals surface area contributed by atoms with Crippen LogP contribution >= 0.6 is 0 Å². The Labute approximate surface area is 587 Å². The summed E-state index contributed by atoms with van der Waals surface area (Å²) in [5, 5.41) is 47.7. The van der Waals surface area contributed by atoms with E-state index in [0.29, 0.717) is 66.4 Å². The highest BCUT2D eigenvalue weighted by Gasteiger charge is 2.24. The molecule has 6 heterocycles. The van der Waals surface area contributed by atoms with Gasteiger partial charge >= 0.3 is 0 Å². The third kappa shape index (κ3) is 10.8. The smallest absolute Gasteiger partial charge is 0.264 e. The Morgan fingerprint density at radius 3 is 0.893 bits per heavy atom. The van der Waals surface area contributed by atoms with Crippen LogP contribution in [0, 0.1) is 59.2 Å². The predicted octanol–water partition coefficient (Wildman–Crippen LogP) is 19.3. The SMILES string of the molecule is Cc1ccccc1.Cc1ccccc1.N#Cc1ccc2c(=O)n3c4ccccc4nc3c3ccc(-c4ccccc4)c1c23.N#Cc1ccc2c(c1)nc1c3ccc(-c4ccccc4)c4c(C#N)ccc(c(=O)n21)c43.N#Cc1ccc2c3c1c(-c1ccccc1)ccc3c(=O)n1c3ccccc3nc21. The van der Waals surface area contributed by atoms with Crippen LogP contribution in [-0.4, -0.2) is 28.2 Å². The summed E-state index contributed by atoms with van der Waals surface area (Å²) in [6.45, 7) is 4.17. The molecule has 0 aliphatic rings. The van der Waals surface area contributed by atoms with Crippen molar-refractivity contribution >= 4 is 115 Å². The van der Waals surface area contributed by atoms with Crippen LogP contribution in [0.5, 0.6) is 0 Å². The Bertz CT molecular complexity index is 6880. The van der Waals surface area contributed by atoms with E-state index in [9.17, 15) is 35.4 Å². The molecule has 0 aliphatic carbocycles. The Morgan fingerprint density at radius 2 is 0.563 bits per heavy atom. The molecule has 20 rings (SSSR count). The molecule has 0 fully saturated rings. The normalized spacial score (nSPS) is 11.1. The number of pyridine rings is 3. The number of hydrogen-bond donors (Lipinski definition) is 0. The number of fused-ring (bicyclic) bond motifs is 12. The van der Waals surface area contributed by atoms with Crippen LogP contribution in [-0.2, 0) is 0 Å². The number of nitrogens with zero attached hydrogens (tertiary/aromatic N) is 10. The first-order chi connectivity index (χ1) is 50.5. The van der Waals surface area contributed by atoms with Gasteiger partial charge in [0.1, 0.15) is 16.9 Å². The fourth-order valence-electron chi connectivity index (χ4n) is 14.2. The first kappa shape index (κ1) is 63.0. The number of benzene rings is 14. The molecule has 482 valence electrons. The molecule has 0 aliphatic heterocycles. The standard InChI is InChI=1S/C26H12N4O.2C25H13N3O.2C7H8/c27-13-15-6-11-22-21(12-15)29-25-19-10-9-18(16-4-2-1-3-5-16)23-17(14-28)7-8-20(24(19)23)26(31)30(22)25;26-14-16-10-11-19-23-18(13-12-17(22(16)23)15-6-2-1-3-7-15)24-27-20-8-4-5-9-21(20)28(24)25(19)29;26-14-16-10-11-18-23-19(13-12-17(22(16)23)15-6-2-1-3-7-15)25(29)28-21-9-5-4-8-20(21)27-24(18)28;2*1-7-5-3-2-4-6-7/h1-12H;2*1-13H;2*2-6H,1H3. The molecule has 20 aromatic rings. The highest BCUT2D eigenvalue weighted by atomic mass is 16.1. The van der Waals surface area contributed by atoms with Gasteiger partial charge < -0.3 is 0 Å². The Balaban J connectivity index is 0.000000109. The van der Waals surface area contributed by atoms with E-state index in [-0.39, 0.29) is 16.7 Å². The van der Waals surface area contributed by atoms with Gasteiger partial charge in [0.15, 0.2) is 0 Å². The van der Waals surface area contributed by atoms with Crippen molar-refractivity contribution in [3.63, 3.8) is 0 Å². The lowest BCUT2D eigenvalue weighted by Crippen LogP contribution is -2.13. The average Bonchev–Trinajstić information content (AvgIpc) is 1.60. The minimum absolute atomic E-state index is 0.110. The number of aromatic nitrogens is 6. The molecule has 6 aromatic heterocycles. The minimum Gasteiger partial charge on any atom is -0.268 e. The molecular formula is C90H54N10O3. The number of hydrogen-bond acceptors (Lipinski definition) is 10. The summed E-state index contributed by atoms with van der Waals surface area (Å²) in [4.78, 5) is 54.7. The molecular weight excluding hydrogens is 1270 g/mol. The van der Waals surface area contributed by atoms with Gasteiger partial charge in [0.2, 0.25) is 0 Å². The van der Waals surface area contributed by atoms with Crippen molar-refractivity contribution in [2.45, 2.75) is 13.8 Å². The molecule has 14 aromatic carbocycles. The number of rotatable bonds is 3. The molecule has 13 heteroatoms. The van der Waals surface area contributed by atoms with Gasteiger partial charge in [0, 0.05) is 64.6 Å². The zero-order chi connectivity index (χ0) is 70.4. The summed E-state index contributed by atoms with van der Waals surface area (Å²) in [5.41, 5.74) is 16.4. The van der Waals surface area contributed by atoms with Crippen molar-refractivity contribution in [1.29, 1.82) is 21.0 Å². The molecule has 0 amide bonds. The molecule has 103 heavy (non-hydrogen) atoms. The summed E-state index contributed by atoms with van der Waals surface area (Å²) in [6.07, 6.45) is 0. The quantitative estimate of drug-likeness (QED) is 0.164. The minimum atomic E-state index is -0.186. The number of para-hydroxylation sites is 4. The lowest BCUT2D eigenvalue weighted by Gasteiger charge is -2.13. The van der Waals surface area contributed by atoms with E-state index < -0.39 is 0 Å². The Kier molecular flexibility index (Phi) is 16.1. The lowest BCUT2D eigenvalue weighted by molar-refractivity contribution is 1.19. The van der Waals surface area contributed by atoms with Crippen LogP contribution in [0.4, 0.5) is 0 Å². The van der Waals surface area contributed by atoms with Crippen molar-refractivity contribution in [3.05, 3.63) is 356 Å². The van der Waals surface area contributed by atoms with Crippen molar-refractivity contribution in [3.8, 4) is 57.7 Å². The van der Waals surface area contributed by atoms with E-state index in [0.717, 1.165) is 104 Å². The topological polar surface area (TPSA) is 198 Å². The summed E-state index contributed by atoms with van der Waals surface area (Å²) in [5.74, 6) is 0. The first-order valence-corrected chi connectivity index (χ1v) is 33.3. The maximum absolute atomic E-state index is 13.5. The van der Waals surface area contributed by atoms with Crippen LogP contribution in [0.15, 0.2) is 306 Å². The second-order valence-corrected chi connectivity index (χ2v) is 25.0. The molecule has 0 saturated heterocycles. The van der Waals surface area contributed by atoms with E-state index in [1.54, 1.807) is 55.7 Å². The number of nitriles is 4. The largest absolute Gasteiger partial charge is 0.268 e. The zero-order valence-electron chi connectivity index (χ0n) is 55.4. The second-order valence-electron chi connectivity index (χ2n) is 25.0. The third-order valence-corrected chi connectivity index (χ3v) is 18.9. The molecule has 0 atom stereocenters. The van der Waals surface area contributed by atoms with Crippen LogP contribution in [0.2, 0.25) is 0 Å². The van der Waals surface area contributed by atoms with Gasteiger partial charge in [-0.3, -0.25) is 27.6 Å². The molecule has 0 radical (unpaired) electrons. The Morgan fingerprint density at radius 1 is 0.272 bits per heavy atom. The van der Waals surface area contributed by atoms with Gasteiger partial charge in [0.05, 0.1) is 79.6 Å². The van der Waals surface area contributed by atoms with Gasteiger partial charge in [-0.05, 0) is 144 Å². The number of imidazole rings is 3. The van der Waals surface area contributed by atoms with Crippen LogP contribution in [0.3, 0.4) is 0 Å². The molecule has 0 bridgehead atoms. The summed E-state index contributed by atoms with van der Waals surface area (Å²) in [6, 6.07) is 102. The molecule has 0 spiro atoms. The van der Waals surface area contributed by atoms with Gasteiger partial charge in [0.25, 0.3) is 16.7 Å². The lowest BCUT2D eigenvalue weighted by atomic mass is 9.91. The molecule has 0 saturated carbocycles.